The lowest BCUT2D eigenvalue weighted by atomic mass is 10.1. The molecule has 0 spiro atoms. The van der Waals surface area contributed by atoms with Gasteiger partial charge in [0, 0.05) is 22.5 Å². The highest BCUT2D eigenvalue weighted by Gasteiger charge is 2.34. The van der Waals surface area contributed by atoms with E-state index in [4.69, 9.17) is 0 Å². The molecule has 1 aromatic rings. The molecular formula is C13H13FINO5S. The van der Waals surface area contributed by atoms with Crippen molar-refractivity contribution in [3.8, 4) is 0 Å². The number of hydrogen-bond acceptors (Lipinski definition) is 5. The third-order valence-electron chi connectivity index (χ3n) is 3.30. The molecule has 1 aromatic carbocycles. The zero-order chi connectivity index (χ0) is 16.5. The van der Waals surface area contributed by atoms with Gasteiger partial charge >= 0.3 is 16.2 Å². The molecule has 120 valence electrons. The molecule has 0 radical (unpaired) electrons. The van der Waals surface area contributed by atoms with Crippen LogP contribution in [0.1, 0.15) is 16.8 Å². The highest BCUT2D eigenvalue weighted by Crippen LogP contribution is 2.30. The largest absolute Gasteiger partial charge is 0.465 e. The third-order valence-corrected chi connectivity index (χ3v) is 5.03. The normalized spacial score (nSPS) is 18.6. The van der Waals surface area contributed by atoms with Gasteiger partial charge in [-0.1, -0.05) is 0 Å². The lowest BCUT2D eigenvalue weighted by molar-refractivity contribution is -0.117. The standard InChI is InChI=1S/C13H13FINO5S/c1-21-13(18)9-2-3-11(10(15)5-9)16-6-8(4-12(16)17)7-22(14,19)20/h2-3,5,8H,4,6-7H2,1H3. The summed E-state index contributed by atoms with van der Waals surface area (Å²) in [4.78, 5) is 24.9. The van der Waals surface area contributed by atoms with E-state index in [0.717, 1.165) is 0 Å². The van der Waals surface area contributed by atoms with Crippen LogP contribution in [0.5, 0.6) is 0 Å². The molecule has 22 heavy (non-hydrogen) atoms. The van der Waals surface area contributed by atoms with Crippen LogP contribution in [0.25, 0.3) is 0 Å². The first-order valence-electron chi connectivity index (χ1n) is 6.32. The van der Waals surface area contributed by atoms with Crippen LogP contribution in [-0.4, -0.2) is 39.7 Å². The van der Waals surface area contributed by atoms with Gasteiger partial charge in [-0.15, -0.1) is 3.89 Å². The second kappa shape index (κ2) is 6.49. The van der Waals surface area contributed by atoms with E-state index in [9.17, 15) is 21.9 Å². The van der Waals surface area contributed by atoms with Crippen molar-refractivity contribution in [2.45, 2.75) is 6.42 Å². The number of anilines is 1. The van der Waals surface area contributed by atoms with Crippen molar-refractivity contribution in [1.82, 2.24) is 0 Å². The fraction of sp³-hybridized carbons (Fsp3) is 0.385. The van der Waals surface area contributed by atoms with Crippen molar-refractivity contribution in [1.29, 1.82) is 0 Å². The molecule has 9 heteroatoms. The van der Waals surface area contributed by atoms with Gasteiger partial charge in [-0.05, 0) is 40.8 Å². The van der Waals surface area contributed by atoms with Gasteiger partial charge in [0.15, 0.2) is 0 Å². The van der Waals surface area contributed by atoms with Crippen molar-refractivity contribution >= 4 is 50.4 Å². The summed E-state index contributed by atoms with van der Waals surface area (Å²) in [7, 11) is -3.34. The van der Waals surface area contributed by atoms with Crippen LogP contribution in [0.2, 0.25) is 0 Å². The van der Waals surface area contributed by atoms with E-state index in [-0.39, 0.29) is 18.9 Å². The lowest BCUT2D eigenvalue weighted by Gasteiger charge is -2.18. The molecule has 0 saturated carbocycles. The van der Waals surface area contributed by atoms with Crippen molar-refractivity contribution in [3.63, 3.8) is 0 Å². The van der Waals surface area contributed by atoms with Crippen molar-refractivity contribution in [3.05, 3.63) is 27.3 Å². The zero-order valence-electron chi connectivity index (χ0n) is 11.6. The van der Waals surface area contributed by atoms with E-state index in [1.54, 1.807) is 12.1 Å². The first kappa shape index (κ1) is 17.1. The Balaban J connectivity index is 2.22. The highest BCUT2D eigenvalue weighted by molar-refractivity contribution is 14.1. The molecule has 0 aliphatic carbocycles. The summed E-state index contributed by atoms with van der Waals surface area (Å²) in [6, 6.07) is 4.70. The van der Waals surface area contributed by atoms with E-state index >= 15 is 0 Å². The number of amides is 1. The van der Waals surface area contributed by atoms with Crippen LogP contribution in [0.3, 0.4) is 0 Å². The van der Waals surface area contributed by atoms with Gasteiger partial charge in [0.1, 0.15) is 0 Å². The molecule has 1 saturated heterocycles. The van der Waals surface area contributed by atoms with Gasteiger partial charge in [0.25, 0.3) is 0 Å². The van der Waals surface area contributed by atoms with Crippen molar-refractivity contribution in [2.24, 2.45) is 5.92 Å². The van der Waals surface area contributed by atoms with Crippen LogP contribution < -0.4 is 4.90 Å². The van der Waals surface area contributed by atoms with Crippen LogP contribution in [0.4, 0.5) is 9.57 Å². The number of esters is 1. The molecule has 1 amide bonds. The second-order valence-corrected chi connectivity index (χ2v) is 7.51. The average molecular weight is 441 g/mol. The van der Waals surface area contributed by atoms with Crippen LogP contribution in [-0.2, 0) is 19.8 Å². The molecule has 1 atom stereocenters. The van der Waals surface area contributed by atoms with E-state index in [1.807, 2.05) is 22.6 Å². The maximum atomic E-state index is 12.7. The fourth-order valence-electron chi connectivity index (χ4n) is 2.38. The topological polar surface area (TPSA) is 80.8 Å². The minimum atomic E-state index is -4.61. The second-order valence-electron chi connectivity index (χ2n) is 4.94. The molecule has 0 aromatic heterocycles. The lowest BCUT2D eigenvalue weighted by Crippen LogP contribution is -2.26. The van der Waals surface area contributed by atoms with E-state index in [2.05, 4.69) is 4.74 Å². The average Bonchev–Trinajstić information content (AvgIpc) is 2.76. The van der Waals surface area contributed by atoms with Crippen molar-refractivity contribution in [2.75, 3.05) is 24.3 Å². The Morgan fingerprint density at radius 1 is 1.50 bits per heavy atom. The van der Waals surface area contributed by atoms with Gasteiger partial charge < -0.3 is 9.64 Å². The first-order chi connectivity index (χ1) is 10.2. The molecule has 1 heterocycles. The number of ether oxygens (including phenoxy) is 1. The summed E-state index contributed by atoms with van der Waals surface area (Å²) in [5.74, 6) is -1.99. The minimum Gasteiger partial charge on any atom is -0.465 e. The molecule has 1 unspecified atom stereocenters. The molecule has 6 nitrogen and oxygen atoms in total. The first-order valence-corrected chi connectivity index (χ1v) is 8.95. The number of carbonyl (C=O) groups excluding carboxylic acids is 2. The van der Waals surface area contributed by atoms with Crippen LogP contribution >= 0.6 is 22.6 Å². The SMILES string of the molecule is COC(=O)c1ccc(N2CC(CS(=O)(=O)F)CC2=O)c(I)c1. The van der Waals surface area contributed by atoms with Gasteiger partial charge in [-0.2, -0.15) is 8.42 Å². The Morgan fingerprint density at radius 2 is 2.18 bits per heavy atom. The summed E-state index contributed by atoms with van der Waals surface area (Å²) in [5.41, 5.74) is 0.919. The Bertz CT molecular complexity index is 721. The molecule has 1 aliphatic heterocycles. The van der Waals surface area contributed by atoms with E-state index in [0.29, 0.717) is 14.8 Å². The van der Waals surface area contributed by atoms with Crippen LogP contribution in [0, 0.1) is 9.49 Å². The van der Waals surface area contributed by atoms with E-state index in [1.165, 1.54) is 18.1 Å². The molecule has 0 N–H and O–H groups in total. The predicted octanol–water partition coefficient (Wildman–Crippen LogP) is 1.73. The molecular weight excluding hydrogens is 428 g/mol. The number of carbonyl (C=O) groups is 2. The van der Waals surface area contributed by atoms with E-state index < -0.39 is 27.9 Å². The molecule has 1 fully saturated rings. The summed E-state index contributed by atoms with van der Waals surface area (Å²) in [6.45, 7) is 0.134. The highest BCUT2D eigenvalue weighted by atomic mass is 127. The van der Waals surface area contributed by atoms with Crippen molar-refractivity contribution < 1.29 is 26.6 Å². The monoisotopic (exact) mass is 441 g/mol. The Kier molecular flexibility index (Phi) is 5.05. The molecule has 2 rings (SSSR count). The number of nitrogens with zero attached hydrogens (tertiary/aromatic N) is 1. The fourth-order valence-corrected chi connectivity index (χ4v) is 3.97. The number of benzene rings is 1. The third kappa shape index (κ3) is 3.94. The van der Waals surface area contributed by atoms with Gasteiger partial charge in [-0.25, -0.2) is 4.79 Å². The maximum Gasteiger partial charge on any atom is 0.337 e. The quantitative estimate of drug-likeness (QED) is 0.404. The molecule has 0 bridgehead atoms. The predicted molar refractivity (Wildman–Crippen MR) is 85.9 cm³/mol. The Hall–Kier alpha value is -1.23. The smallest absolute Gasteiger partial charge is 0.337 e. The Morgan fingerprint density at radius 3 is 2.73 bits per heavy atom. The zero-order valence-corrected chi connectivity index (χ0v) is 14.6. The summed E-state index contributed by atoms with van der Waals surface area (Å²) in [6.07, 6.45) is -0.0159. The van der Waals surface area contributed by atoms with Gasteiger partial charge in [0.05, 0.1) is 24.1 Å². The number of methoxy groups -OCH3 is 1. The van der Waals surface area contributed by atoms with Gasteiger partial charge in [0.2, 0.25) is 5.91 Å². The summed E-state index contributed by atoms with van der Waals surface area (Å²) in [5, 5.41) is 0. The number of halogens is 2. The number of rotatable bonds is 4. The Labute approximate surface area is 141 Å². The molecule has 1 aliphatic rings. The summed E-state index contributed by atoms with van der Waals surface area (Å²) >= 11 is 1.98. The number of hydrogen-bond donors (Lipinski definition) is 0. The minimum absolute atomic E-state index is 0.0159. The van der Waals surface area contributed by atoms with Crippen LogP contribution in [0.15, 0.2) is 18.2 Å². The summed E-state index contributed by atoms with van der Waals surface area (Å²) < 4.78 is 39.4. The maximum absolute atomic E-state index is 12.7. The van der Waals surface area contributed by atoms with Gasteiger partial charge in [-0.3, -0.25) is 4.79 Å².